The third-order valence-electron chi connectivity index (χ3n) is 2.50. The molecule has 2 aromatic carbocycles. The van der Waals surface area contributed by atoms with E-state index in [0.717, 1.165) is 11.1 Å². The first-order valence-electron chi connectivity index (χ1n) is 5.76. The van der Waals surface area contributed by atoms with Crippen molar-refractivity contribution in [3.8, 4) is 5.75 Å². The molecule has 0 N–H and O–H groups in total. The fraction of sp³-hybridized carbons (Fsp3) is 0.200. The molecule has 0 atom stereocenters. The first-order chi connectivity index (χ1) is 8.75. The molecule has 0 bridgehead atoms. The third-order valence-corrected chi connectivity index (χ3v) is 2.50. The second kappa shape index (κ2) is 6.17. The van der Waals surface area contributed by atoms with Crippen LogP contribution in [-0.4, -0.2) is 6.79 Å². The summed E-state index contributed by atoms with van der Waals surface area (Å²) in [5.74, 6) is -0.146. The lowest BCUT2D eigenvalue weighted by Crippen LogP contribution is -2.04. The Bertz CT molecular complexity index is 497. The second-order valence-electron chi connectivity index (χ2n) is 4.03. The predicted octanol–water partition coefficient (Wildman–Crippen LogP) is 3.69. The van der Waals surface area contributed by atoms with Crippen LogP contribution >= 0.6 is 0 Å². The number of rotatable bonds is 5. The van der Waals surface area contributed by atoms with E-state index in [1.807, 2.05) is 37.3 Å². The molecular weight excluding hydrogens is 231 g/mol. The minimum Gasteiger partial charge on any atom is -0.464 e. The molecule has 0 heterocycles. The van der Waals surface area contributed by atoms with E-state index in [-0.39, 0.29) is 18.4 Å². The largest absolute Gasteiger partial charge is 0.464 e. The van der Waals surface area contributed by atoms with Crippen molar-refractivity contribution in [3.63, 3.8) is 0 Å². The molecule has 18 heavy (non-hydrogen) atoms. The Kier molecular flexibility index (Phi) is 4.31. The molecule has 0 aromatic heterocycles. The van der Waals surface area contributed by atoms with Gasteiger partial charge in [-0.15, -0.1) is 0 Å². The highest BCUT2D eigenvalue weighted by Gasteiger charge is 2.02. The maximum absolute atomic E-state index is 13.3. The van der Waals surface area contributed by atoms with Crippen LogP contribution in [0.1, 0.15) is 11.1 Å². The molecule has 0 unspecified atom stereocenters. The highest BCUT2D eigenvalue weighted by Crippen LogP contribution is 2.18. The second-order valence-corrected chi connectivity index (χ2v) is 4.03. The molecule has 0 aliphatic heterocycles. The molecule has 0 aliphatic carbocycles. The van der Waals surface area contributed by atoms with Crippen molar-refractivity contribution in [1.29, 1.82) is 0 Å². The number of benzene rings is 2. The number of halogens is 1. The highest BCUT2D eigenvalue weighted by molar-refractivity contribution is 5.29. The third kappa shape index (κ3) is 3.57. The van der Waals surface area contributed by atoms with Gasteiger partial charge < -0.3 is 9.47 Å². The summed E-state index contributed by atoms with van der Waals surface area (Å²) in [4.78, 5) is 0. The topological polar surface area (TPSA) is 18.5 Å². The van der Waals surface area contributed by atoms with Crippen LogP contribution in [0, 0.1) is 12.7 Å². The summed E-state index contributed by atoms with van der Waals surface area (Å²) in [5.41, 5.74) is 2.01. The minimum atomic E-state index is -0.371. The first-order valence-corrected chi connectivity index (χ1v) is 5.76. The average Bonchev–Trinajstić information content (AvgIpc) is 2.40. The van der Waals surface area contributed by atoms with Gasteiger partial charge in [0.05, 0.1) is 6.61 Å². The highest BCUT2D eigenvalue weighted by atomic mass is 19.1. The lowest BCUT2D eigenvalue weighted by molar-refractivity contribution is 0.00300. The molecule has 2 nitrogen and oxygen atoms in total. The van der Waals surface area contributed by atoms with E-state index < -0.39 is 0 Å². The van der Waals surface area contributed by atoms with Crippen LogP contribution in [0.15, 0.2) is 48.5 Å². The van der Waals surface area contributed by atoms with Gasteiger partial charge in [0, 0.05) is 0 Å². The summed E-state index contributed by atoms with van der Waals surface area (Å²) < 4.78 is 23.9. The lowest BCUT2D eigenvalue weighted by atomic mass is 10.2. The Hall–Kier alpha value is -1.87. The molecule has 0 spiro atoms. The summed E-state index contributed by atoms with van der Waals surface area (Å²) in [6.45, 7) is 2.38. The maximum atomic E-state index is 13.3. The van der Waals surface area contributed by atoms with Crippen LogP contribution < -0.4 is 4.74 Å². The van der Waals surface area contributed by atoms with Crippen molar-refractivity contribution < 1.29 is 13.9 Å². The molecule has 0 amide bonds. The van der Waals surface area contributed by atoms with Gasteiger partial charge in [-0.2, -0.15) is 0 Å². The van der Waals surface area contributed by atoms with Crippen molar-refractivity contribution in [2.24, 2.45) is 0 Å². The Balaban J connectivity index is 1.80. The average molecular weight is 246 g/mol. The molecule has 3 heteroatoms. The van der Waals surface area contributed by atoms with Gasteiger partial charge >= 0.3 is 0 Å². The minimum absolute atomic E-state index is 0.0370. The van der Waals surface area contributed by atoms with Crippen LogP contribution in [0.5, 0.6) is 5.75 Å². The zero-order valence-corrected chi connectivity index (χ0v) is 10.2. The number of hydrogen-bond donors (Lipinski definition) is 0. The molecule has 0 aliphatic rings. The molecule has 2 rings (SSSR count). The zero-order valence-electron chi connectivity index (χ0n) is 10.2. The predicted molar refractivity (Wildman–Crippen MR) is 67.9 cm³/mol. The molecule has 0 saturated heterocycles. The smallest absolute Gasteiger partial charge is 0.189 e. The van der Waals surface area contributed by atoms with Crippen LogP contribution in [0.25, 0.3) is 0 Å². The molecule has 0 radical (unpaired) electrons. The van der Waals surface area contributed by atoms with Crippen LogP contribution in [0.3, 0.4) is 0 Å². The van der Waals surface area contributed by atoms with E-state index in [4.69, 9.17) is 9.47 Å². The normalized spacial score (nSPS) is 10.3. The van der Waals surface area contributed by atoms with Crippen molar-refractivity contribution in [3.05, 3.63) is 65.5 Å². The van der Waals surface area contributed by atoms with E-state index in [0.29, 0.717) is 6.61 Å². The Morgan fingerprint density at radius 1 is 1.06 bits per heavy atom. The summed E-state index contributed by atoms with van der Waals surface area (Å²) in [5, 5.41) is 0. The van der Waals surface area contributed by atoms with Crippen LogP contribution in [0.2, 0.25) is 0 Å². The first kappa shape index (κ1) is 12.6. The fourth-order valence-electron chi connectivity index (χ4n) is 1.56. The van der Waals surface area contributed by atoms with Crippen LogP contribution in [-0.2, 0) is 11.3 Å². The van der Waals surface area contributed by atoms with Crippen LogP contribution in [0.4, 0.5) is 4.39 Å². The van der Waals surface area contributed by atoms with E-state index in [2.05, 4.69) is 0 Å². The standard InChI is InChI=1S/C15H15FO2/c1-12-7-8-14(16)15(9-12)18-11-17-10-13-5-3-2-4-6-13/h2-9H,10-11H2,1H3. The van der Waals surface area contributed by atoms with Crippen molar-refractivity contribution in [1.82, 2.24) is 0 Å². The molecular formula is C15H15FO2. The van der Waals surface area contributed by atoms with Gasteiger partial charge in [-0.3, -0.25) is 0 Å². The van der Waals surface area contributed by atoms with Gasteiger partial charge in [0.1, 0.15) is 0 Å². The number of ether oxygens (including phenoxy) is 2. The van der Waals surface area contributed by atoms with Crippen molar-refractivity contribution in [2.75, 3.05) is 6.79 Å². The molecule has 94 valence electrons. The Morgan fingerprint density at radius 2 is 1.83 bits per heavy atom. The van der Waals surface area contributed by atoms with Crippen molar-refractivity contribution >= 4 is 0 Å². The van der Waals surface area contributed by atoms with Gasteiger partial charge in [0.25, 0.3) is 0 Å². The molecule has 0 fully saturated rings. The molecule has 2 aromatic rings. The van der Waals surface area contributed by atoms with E-state index >= 15 is 0 Å². The van der Waals surface area contributed by atoms with Gasteiger partial charge in [-0.25, -0.2) is 4.39 Å². The zero-order chi connectivity index (χ0) is 12.8. The molecule has 0 saturated carbocycles. The van der Waals surface area contributed by atoms with Gasteiger partial charge in [-0.05, 0) is 30.2 Å². The number of aryl methyl sites for hydroxylation is 1. The van der Waals surface area contributed by atoms with E-state index in [1.165, 1.54) is 6.07 Å². The maximum Gasteiger partial charge on any atom is 0.189 e. The summed E-state index contributed by atoms with van der Waals surface area (Å²) in [6.07, 6.45) is 0. The summed E-state index contributed by atoms with van der Waals surface area (Å²) in [6, 6.07) is 14.5. The lowest BCUT2D eigenvalue weighted by Gasteiger charge is -2.08. The fourth-order valence-corrected chi connectivity index (χ4v) is 1.56. The summed E-state index contributed by atoms with van der Waals surface area (Å²) in [7, 11) is 0. The van der Waals surface area contributed by atoms with Crippen molar-refractivity contribution in [2.45, 2.75) is 13.5 Å². The summed E-state index contributed by atoms with van der Waals surface area (Å²) >= 11 is 0. The van der Waals surface area contributed by atoms with E-state index in [9.17, 15) is 4.39 Å². The quantitative estimate of drug-likeness (QED) is 0.591. The Morgan fingerprint density at radius 3 is 2.61 bits per heavy atom. The van der Waals surface area contributed by atoms with Gasteiger partial charge in [0.2, 0.25) is 0 Å². The SMILES string of the molecule is Cc1ccc(F)c(OCOCc2ccccc2)c1. The van der Waals surface area contributed by atoms with Gasteiger partial charge in [0.15, 0.2) is 18.4 Å². The van der Waals surface area contributed by atoms with E-state index in [1.54, 1.807) is 12.1 Å². The van der Waals surface area contributed by atoms with Gasteiger partial charge in [-0.1, -0.05) is 36.4 Å². The number of hydrogen-bond acceptors (Lipinski definition) is 2. The monoisotopic (exact) mass is 246 g/mol. The Labute approximate surface area is 106 Å².